The molecular formula is C47H60N6O6. The molecule has 5 heterocycles. The number of benzene rings is 2. The number of ether oxygens (including phenoxy) is 4. The molecule has 59 heavy (non-hydrogen) atoms. The van der Waals surface area contributed by atoms with Gasteiger partial charge in [-0.05, 0) is 117 Å². The van der Waals surface area contributed by atoms with E-state index in [4.69, 9.17) is 28.9 Å². The lowest BCUT2D eigenvalue weighted by Gasteiger charge is -2.27. The van der Waals surface area contributed by atoms with Gasteiger partial charge in [-0.2, -0.15) is 0 Å². The number of nitrogens with one attached hydrogen (secondary N) is 2. The van der Waals surface area contributed by atoms with Crippen LogP contribution in [0.1, 0.15) is 154 Å². The van der Waals surface area contributed by atoms with Gasteiger partial charge in [-0.25, -0.2) is 19.6 Å². The fraction of sp³-hybridized carbons (Fsp3) is 0.574. The highest BCUT2D eigenvalue weighted by atomic mass is 16.6. The van der Waals surface area contributed by atoms with Crippen molar-refractivity contribution in [3.63, 3.8) is 0 Å². The summed E-state index contributed by atoms with van der Waals surface area (Å²) in [4.78, 5) is 47.9. The van der Waals surface area contributed by atoms with Crippen molar-refractivity contribution in [2.45, 2.75) is 142 Å². The number of H-pyrrole nitrogens is 2. The van der Waals surface area contributed by atoms with Gasteiger partial charge in [0.2, 0.25) is 0 Å². The van der Waals surface area contributed by atoms with Gasteiger partial charge in [-0.1, -0.05) is 26.0 Å². The Labute approximate surface area is 347 Å². The van der Waals surface area contributed by atoms with Gasteiger partial charge in [-0.15, -0.1) is 0 Å². The number of nitrogens with zero attached hydrogens (tertiary/aromatic N) is 4. The normalized spacial score (nSPS) is 21.8. The van der Waals surface area contributed by atoms with Gasteiger partial charge in [-0.3, -0.25) is 9.80 Å². The van der Waals surface area contributed by atoms with Crippen LogP contribution in [0.5, 0.6) is 11.5 Å². The van der Waals surface area contributed by atoms with Gasteiger partial charge >= 0.3 is 12.2 Å². The summed E-state index contributed by atoms with van der Waals surface area (Å²) in [7, 11) is 0. The Morgan fingerprint density at radius 1 is 0.661 bits per heavy atom. The molecule has 2 saturated carbocycles. The Morgan fingerprint density at radius 3 is 1.44 bits per heavy atom. The summed E-state index contributed by atoms with van der Waals surface area (Å²) in [5.41, 5.74) is 6.63. The van der Waals surface area contributed by atoms with E-state index < -0.39 is 11.2 Å². The molecule has 5 aliphatic rings. The summed E-state index contributed by atoms with van der Waals surface area (Å²) < 4.78 is 25.0. The van der Waals surface area contributed by atoms with E-state index in [2.05, 4.69) is 60.2 Å². The van der Waals surface area contributed by atoms with Crippen LogP contribution in [-0.4, -0.2) is 79.4 Å². The minimum atomic E-state index is -0.568. The highest BCUT2D eigenvalue weighted by Gasteiger charge is 2.40. The Hall–Kier alpha value is -5.00. The number of carbonyl (C=O) groups excluding carboxylic acids is 2. The van der Waals surface area contributed by atoms with Gasteiger partial charge in [0.1, 0.15) is 34.3 Å². The van der Waals surface area contributed by atoms with E-state index in [-0.39, 0.29) is 29.7 Å². The van der Waals surface area contributed by atoms with Crippen molar-refractivity contribution in [2.24, 2.45) is 5.41 Å². The fourth-order valence-corrected chi connectivity index (χ4v) is 8.68. The van der Waals surface area contributed by atoms with E-state index in [9.17, 15) is 9.59 Å². The van der Waals surface area contributed by atoms with E-state index in [1.165, 1.54) is 0 Å². The molecule has 12 heteroatoms. The van der Waals surface area contributed by atoms with Crippen LogP contribution in [0, 0.1) is 5.41 Å². The van der Waals surface area contributed by atoms with Crippen molar-refractivity contribution in [2.75, 3.05) is 26.3 Å². The van der Waals surface area contributed by atoms with Crippen LogP contribution in [0.4, 0.5) is 9.59 Å². The number of rotatable bonds is 6. The third-order valence-electron chi connectivity index (χ3n) is 11.9. The highest BCUT2D eigenvalue weighted by molar-refractivity contribution is 5.82. The molecule has 4 aromatic rings. The number of fused-ring (bicyclic) bond motifs is 3. The van der Waals surface area contributed by atoms with Gasteiger partial charge < -0.3 is 28.9 Å². The van der Waals surface area contributed by atoms with E-state index in [0.717, 1.165) is 120 Å². The van der Waals surface area contributed by atoms with E-state index in [1.807, 2.05) is 51.3 Å². The van der Waals surface area contributed by atoms with Crippen molar-refractivity contribution in [3.05, 3.63) is 59.4 Å². The Morgan fingerprint density at radius 2 is 1.07 bits per heavy atom. The molecule has 2 saturated heterocycles. The van der Waals surface area contributed by atoms with E-state index in [1.54, 1.807) is 0 Å². The average molecular weight is 805 g/mol. The van der Waals surface area contributed by atoms with Crippen LogP contribution in [0.2, 0.25) is 0 Å². The Bertz CT molecular complexity index is 2100. The number of imidazole rings is 2. The lowest BCUT2D eigenvalue weighted by atomic mass is 9.96. The molecule has 4 fully saturated rings. The predicted octanol–water partition coefficient (Wildman–Crippen LogP) is 10.8. The first-order chi connectivity index (χ1) is 28.0. The molecule has 2 aromatic carbocycles. The van der Waals surface area contributed by atoms with Gasteiger partial charge in [0, 0.05) is 52.6 Å². The summed E-state index contributed by atoms with van der Waals surface area (Å²) in [6, 6.07) is 12.5. The topological polar surface area (TPSA) is 135 Å². The van der Waals surface area contributed by atoms with Crippen LogP contribution < -0.4 is 9.47 Å². The van der Waals surface area contributed by atoms with Gasteiger partial charge in [0.25, 0.3) is 0 Å². The minimum Gasteiger partial charge on any atom is -0.492 e. The summed E-state index contributed by atoms with van der Waals surface area (Å²) in [6.45, 7) is 18.0. The zero-order valence-corrected chi connectivity index (χ0v) is 36.0. The highest BCUT2D eigenvalue weighted by Crippen LogP contribution is 2.49. The van der Waals surface area contributed by atoms with E-state index in [0.29, 0.717) is 38.1 Å². The number of aromatic amines is 2. The molecule has 314 valence electrons. The molecule has 2 N–H and O–H groups in total. The third kappa shape index (κ3) is 8.28. The molecule has 3 aliphatic heterocycles. The number of hydrogen-bond donors (Lipinski definition) is 2. The molecule has 2 atom stereocenters. The molecule has 0 unspecified atom stereocenters. The fourth-order valence-electron chi connectivity index (χ4n) is 8.68. The number of amides is 2. The number of likely N-dealkylation sites (tertiary alicyclic amines) is 2. The SMILES string of the molecule is CC1(C)COc2cc(-c3[nH]c([C@@H]4CCCN4C(=O)OC(C)(C)C)nc3C3CC3)ccc2-c2ccc(-c3[nH]c([C@@H]4CCCN4C(=O)OC(C)(C)C)nc3C3CC3)cc2OC1. The first-order valence-corrected chi connectivity index (χ1v) is 21.7. The maximum Gasteiger partial charge on any atom is 0.410 e. The number of aromatic nitrogens is 4. The van der Waals surface area contributed by atoms with Crippen molar-refractivity contribution in [1.29, 1.82) is 0 Å². The van der Waals surface area contributed by atoms with Crippen LogP contribution in [0.15, 0.2) is 36.4 Å². The van der Waals surface area contributed by atoms with Crippen molar-refractivity contribution < 1.29 is 28.5 Å². The largest absolute Gasteiger partial charge is 0.492 e. The van der Waals surface area contributed by atoms with Crippen molar-refractivity contribution >= 4 is 12.2 Å². The maximum absolute atomic E-state index is 13.2. The molecule has 9 rings (SSSR count). The molecular weight excluding hydrogens is 745 g/mol. The number of carbonyl (C=O) groups is 2. The summed E-state index contributed by atoms with van der Waals surface area (Å²) in [5.74, 6) is 3.99. The van der Waals surface area contributed by atoms with E-state index >= 15 is 0 Å². The Balaban J connectivity index is 1.05. The molecule has 0 bridgehead atoms. The molecule has 0 radical (unpaired) electrons. The van der Waals surface area contributed by atoms with Crippen LogP contribution >= 0.6 is 0 Å². The Kier molecular flexibility index (Phi) is 9.78. The molecule has 12 nitrogen and oxygen atoms in total. The second-order valence-electron chi connectivity index (χ2n) is 20.1. The second kappa shape index (κ2) is 14.6. The lowest BCUT2D eigenvalue weighted by Crippen LogP contribution is -2.36. The predicted molar refractivity (Wildman–Crippen MR) is 226 cm³/mol. The minimum absolute atomic E-state index is 0.160. The lowest BCUT2D eigenvalue weighted by molar-refractivity contribution is 0.0208. The van der Waals surface area contributed by atoms with Crippen LogP contribution in [-0.2, 0) is 9.47 Å². The third-order valence-corrected chi connectivity index (χ3v) is 11.9. The maximum atomic E-state index is 13.2. The summed E-state index contributed by atoms with van der Waals surface area (Å²) in [6.07, 6.45) is 7.30. The number of hydrogen-bond acceptors (Lipinski definition) is 8. The zero-order chi connectivity index (χ0) is 41.4. The van der Waals surface area contributed by atoms with Crippen molar-refractivity contribution in [3.8, 4) is 45.1 Å². The molecule has 2 aliphatic carbocycles. The monoisotopic (exact) mass is 804 g/mol. The summed E-state index contributed by atoms with van der Waals surface area (Å²) in [5, 5.41) is 0. The van der Waals surface area contributed by atoms with Crippen molar-refractivity contribution in [1.82, 2.24) is 29.7 Å². The summed E-state index contributed by atoms with van der Waals surface area (Å²) >= 11 is 0. The first-order valence-electron chi connectivity index (χ1n) is 21.7. The molecule has 0 spiro atoms. The first kappa shape index (κ1) is 39.5. The van der Waals surface area contributed by atoms with Crippen LogP contribution in [0.25, 0.3) is 33.6 Å². The second-order valence-corrected chi connectivity index (χ2v) is 20.1. The van der Waals surface area contributed by atoms with Gasteiger partial charge in [0.05, 0.1) is 48.1 Å². The van der Waals surface area contributed by atoms with Gasteiger partial charge in [0.15, 0.2) is 0 Å². The zero-order valence-electron chi connectivity index (χ0n) is 36.0. The average Bonchev–Trinajstić information content (AvgIpc) is 3.93. The molecule has 2 amide bonds. The van der Waals surface area contributed by atoms with Crippen LogP contribution in [0.3, 0.4) is 0 Å². The smallest absolute Gasteiger partial charge is 0.410 e. The quantitative estimate of drug-likeness (QED) is 0.197. The molecule has 2 aromatic heterocycles. The standard InChI is InChI=1S/C47H60N6O6/c1-45(2,3)58-43(54)52-21-9-11-33(52)41-48-37(27-13-14-27)39(50-41)29-17-19-31-32-20-18-30(24-36(32)57-26-47(7,8)25-56-35(31)23-29)40-38(28-15-16-28)49-42(51-40)34-12-10-22-53(34)44(55)59-46(4,5)6/h17-20,23-24,27-28,33-34H,9-16,21-22,25-26H2,1-8H3,(H,48,50)(H,49,51)/t33-,34-/m0/s1.